The van der Waals surface area contributed by atoms with Crippen LogP contribution in [0.15, 0.2) is 11.7 Å². The molecule has 0 saturated heterocycles. The molecule has 2 rings (SSSR count). The van der Waals surface area contributed by atoms with Crippen molar-refractivity contribution in [3.05, 3.63) is 28.0 Å². The Kier molecular flexibility index (Phi) is 3.10. The predicted molar refractivity (Wildman–Crippen MR) is 65.6 cm³/mol. The lowest BCUT2D eigenvalue weighted by Gasteiger charge is -2.15. The van der Waals surface area contributed by atoms with Crippen molar-refractivity contribution < 1.29 is 4.79 Å². The maximum atomic E-state index is 12.0. The predicted octanol–water partition coefficient (Wildman–Crippen LogP) is 1.03. The van der Waals surface area contributed by atoms with Crippen molar-refractivity contribution in [2.24, 2.45) is 0 Å². The average Bonchev–Trinajstić information content (AvgIpc) is 2.88. The molecule has 0 spiro atoms. The van der Waals surface area contributed by atoms with E-state index in [1.165, 1.54) is 17.5 Å². The number of carbonyl (C=O) groups excluding carboxylic acids is 1. The molecule has 0 saturated carbocycles. The lowest BCUT2D eigenvalue weighted by atomic mass is 10.3. The first kappa shape index (κ1) is 11.6. The van der Waals surface area contributed by atoms with Gasteiger partial charge in [0.15, 0.2) is 0 Å². The second kappa shape index (κ2) is 4.54. The summed E-state index contributed by atoms with van der Waals surface area (Å²) in [5.74, 6) is -0.173. The third kappa shape index (κ3) is 2.28. The van der Waals surface area contributed by atoms with Crippen molar-refractivity contribution in [2.75, 3.05) is 12.8 Å². The molecule has 90 valence electrons. The van der Waals surface area contributed by atoms with Crippen LogP contribution in [0.2, 0.25) is 0 Å². The summed E-state index contributed by atoms with van der Waals surface area (Å²) in [7, 11) is 1.72. The first-order chi connectivity index (χ1) is 8.09. The molecule has 6 nitrogen and oxygen atoms in total. The lowest BCUT2D eigenvalue weighted by Crippen LogP contribution is -2.27. The number of aryl methyl sites for hydroxylation is 1. The monoisotopic (exact) mass is 251 g/mol. The van der Waals surface area contributed by atoms with E-state index in [0.717, 1.165) is 10.6 Å². The molecule has 17 heavy (non-hydrogen) atoms. The highest BCUT2D eigenvalue weighted by atomic mass is 32.1. The van der Waals surface area contributed by atoms with Crippen molar-refractivity contribution in [3.63, 3.8) is 0 Å². The first-order valence-electron chi connectivity index (χ1n) is 5.03. The summed E-state index contributed by atoms with van der Waals surface area (Å²) in [6, 6.07) is 0. The van der Waals surface area contributed by atoms with Crippen LogP contribution in [0.25, 0.3) is 0 Å². The number of H-pyrrole nitrogens is 1. The van der Waals surface area contributed by atoms with E-state index in [2.05, 4.69) is 15.2 Å². The highest BCUT2D eigenvalue weighted by Gasteiger charge is 2.17. The Hall–Kier alpha value is -1.89. The molecule has 2 heterocycles. The molecular formula is C10H13N5OS. The zero-order valence-corrected chi connectivity index (χ0v) is 10.4. The van der Waals surface area contributed by atoms with Gasteiger partial charge in [-0.05, 0) is 6.92 Å². The van der Waals surface area contributed by atoms with E-state index in [1.807, 2.05) is 6.92 Å². The number of hydrogen-bond acceptors (Lipinski definition) is 5. The van der Waals surface area contributed by atoms with Crippen molar-refractivity contribution in [2.45, 2.75) is 13.5 Å². The number of aromatic nitrogens is 3. The number of nitrogens with one attached hydrogen (secondary N) is 1. The molecule has 0 radical (unpaired) electrons. The molecule has 0 aliphatic rings. The Labute approximate surface area is 102 Å². The minimum atomic E-state index is -0.173. The molecule has 0 aliphatic heterocycles. The van der Waals surface area contributed by atoms with E-state index in [0.29, 0.717) is 17.9 Å². The van der Waals surface area contributed by atoms with Gasteiger partial charge in [0.2, 0.25) is 0 Å². The number of rotatable bonds is 3. The van der Waals surface area contributed by atoms with E-state index in [-0.39, 0.29) is 5.91 Å². The molecule has 7 heteroatoms. The minimum absolute atomic E-state index is 0.173. The van der Waals surface area contributed by atoms with Crippen LogP contribution in [-0.4, -0.2) is 33.0 Å². The van der Waals surface area contributed by atoms with E-state index in [9.17, 15) is 4.79 Å². The van der Waals surface area contributed by atoms with Gasteiger partial charge in [0.05, 0.1) is 29.6 Å². The highest BCUT2D eigenvalue weighted by Crippen LogP contribution is 2.16. The molecule has 2 aromatic heterocycles. The number of anilines is 1. The van der Waals surface area contributed by atoms with Crippen molar-refractivity contribution in [3.8, 4) is 0 Å². The molecule has 2 aromatic rings. The third-order valence-corrected chi connectivity index (χ3v) is 3.37. The summed E-state index contributed by atoms with van der Waals surface area (Å²) >= 11 is 1.53. The summed E-state index contributed by atoms with van der Waals surface area (Å²) < 4.78 is 0. The van der Waals surface area contributed by atoms with Crippen LogP contribution in [-0.2, 0) is 6.54 Å². The molecule has 0 bridgehead atoms. The third-order valence-electron chi connectivity index (χ3n) is 2.45. The van der Waals surface area contributed by atoms with Crippen LogP contribution < -0.4 is 5.73 Å². The van der Waals surface area contributed by atoms with E-state index in [1.54, 1.807) is 17.5 Å². The van der Waals surface area contributed by atoms with Crippen LogP contribution in [0.4, 0.5) is 5.69 Å². The van der Waals surface area contributed by atoms with Gasteiger partial charge >= 0.3 is 0 Å². The summed E-state index contributed by atoms with van der Waals surface area (Å²) in [4.78, 5) is 18.8. The van der Waals surface area contributed by atoms with Gasteiger partial charge in [-0.25, -0.2) is 4.98 Å². The summed E-state index contributed by atoms with van der Waals surface area (Å²) in [5.41, 5.74) is 9.05. The van der Waals surface area contributed by atoms with Gasteiger partial charge in [0, 0.05) is 11.9 Å². The van der Waals surface area contributed by atoms with Crippen LogP contribution in [0, 0.1) is 6.92 Å². The second-order valence-corrected chi connectivity index (χ2v) is 4.66. The SMILES string of the molecule is Cc1ncsc1CN(C)C(=O)c1[nH]ncc1N. The standard InChI is InChI=1S/C10H13N5OS/c1-6-8(17-5-12-6)4-15(2)10(16)9-7(11)3-13-14-9/h3,5H,4,11H2,1-2H3,(H,13,14). The number of amides is 1. The summed E-state index contributed by atoms with van der Waals surface area (Å²) in [6.07, 6.45) is 1.43. The second-order valence-electron chi connectivity index (χ2n) is 3.72. The van der Waals surface area contributed by atoms with Crippen LogP contribution >= 0.6 is 11.3 Å². The zero-order valence-electron chi connectivity index (χ0n) is 9.60. The topological polar surface area (TPSA) is 87.9 Å². The van der Waals surface area contributed by atoms with Gasteiger partial charge < -0.3 is 10.6 Å². The summed E-state index contributed by atoms with van der Waals surface area (Å²) in [5, 5.41) is 6.33. The smallest absolute Gasteiger partial charge is 0.274 e. The molecule has 0 aromatic carbocycles. The maximum Gasteiger partial charge on any atom is 0.274 e. The minimum Gasteiger partial charge on any atom is -0.396 e. The molecule has 3 N–H and O–H groups in total. The number of carbonyl (C=O) groups is 1. The first-order valence-corrected chi connectivity index (χ1v) is 5.91. The van der Waals surface area contributed by atoms with E-state index < -0.39 is 0 Å². The van der Waals surface area contributed by atoms with Crippen molar-refractivity contribution in [1.29, 1.82) is 0 Å². The highest BCUT2D eigenvalue weighted by molar-refractivity contribution is 7.09. The van der Waals surface area contributed by atoms with Gasteiger partial charge in [-0.3, -0.25) is 9.89 Å². The Morgan fingerprint density at radius 1 is 1.65 bits per heavy atom. The number of thiazole rings is 1. The average molecular weight is 251 g/mol. The van der Waals surface area contributed by atoms with Crippen molar-refractivity contribution in [1.82, 2.24) is 20.1 Å². The fourth-order valence-electron chi connectivity index (χ4n) is 1.42. The van der Waals surface area contributed by atoms with Crippen LogP contribution in [0.5, 0.6) is 0 Å². The van der Waals surface area contributed by atoms with Gasteiger partial charge in [-0.2, -0.15) is 5.10 Å². The normalized spacial score (nSPS) is 10.5. The number of nitrogens with zero attached hydrogens (tertiary/aromatic N) is 3. The quantitative estimate of drug-likeness (QED) is 0.852. The fraction of sp³-hybridized carbons (Fsp3) is 0.300. The lowest BCUT2D eigenvalue weighted by molar-refractivity contribution is 0.0781. The number of hydrogen-bond donors (Lipinski definition) is 2. The fourth-order valence-corrected chi connectivity index (χ4v) is 2.25. The van der Waals surface area contributed by atoms with Gasteiger partial charge in [-0.15, -0.1) is 11.3 Å². The van der Waals surface area contributed by atoms with Crippen LogP contribution in [0.3, 0.4) is 0 Å². The largest absolute Gasteiger partial charge is 0.396 e. The van der Waals surface area contributed by atoms with Gasteiger partial charge in [0.25, 0.3) is 5.91 Å². The molecule has 0 fully saturated rings. The molecule has 0 unspecified atom stereocenters. The van der Waals surface area contributed by atoms with Gasteiger partial charge in [0.1, 0.15) is 5.69 Å². The Bertz CT molecular complexity index is 532. The molecule has 0 aliphatic carbocycles. The molecule has 1 amide bonds. The molecule has 0 atom stereocenters. The Balaban J connectivity index is 2.11. The summed E-state index contributed by atoms with van der Waals surface area (Å²) in [6.45, 7) is 2.45. The van der Waals surface area contributed by atoms with Crippen molar-refractivity contribution >= 4 is 22.9 Å². The van der Waals surface area contributed by atoms with Gasteiger partial charge in [-0.1, -0.05) is 0 Å². The number of nitrogen functional groups attached to an aromatic ring is 1. The van der Waals surface area contributed by atoms with E-state index in [4.69, 9.17) is 5.73 Å². The van der Waals surface area contributed by atoms with Crippen LogP contribution in [0.1, 0.15) is 21.1 Å². The Morgan fingerprint density at radius 3 is 2.94 bits per heavy atom. The zero-order chi connectivity index (χ0) is 12.4. The number of aromatic amines is 1. The van der Waals surface area contributed by atoms with E-state index >= 15 is 0 Å². The maximum absolute atomic E-state index is 12.0. The number of nitrogens with two attached hydrogens (primary N) is 1. The molecular weight excluding hydrogens is 238 g/mol. The Morgan fingerprint density at radius 2 is 2.41 bits per heavy atom.